The van der Waals surface area contributed by atoms with Crippen molar-refractivity contribution in [2.75, 3.05) is 11.4 Å². The van der Waals surface area contributed by atoms with E-state index >= 15 is 0 Å². The Bertz CT molecular complexity index is 694. The monoisotopic (exact) mass is 274 g/mol. The molecule has 0 atom stereocenters. The van der Waals surface area contributed by atoms with E-state index < -0.39 is 11.5 Å². The lowest BCUT2D eigenvalue weighted by Crippen LogP contribution is -2.31. The van der Waals surface area contributed by atoms with Gasteiger partial charge in [-0.3, -0.25) is 14.6 Å². The lowest BCUT2D eigenvalue weighted by Gasteiger charge is -2.21. The number of carbonyl (C=O) groups excluding carboxylic acids is 1. The fourth-order valence-corrected chi connectivity index (χ4v) is 1.91. The highest BCUT2D eigenvalue weighted by atomic mass is 16.3. The Morgan fingerprint density at radius 1 is 1.25 bits per heavy atom. The van der Waals surface area contributed by atoms with E-state index in [2.05, 4.69) is 4.98 Å². The van der Waals surface area contributed by atoms with E-state index in [9.17, 15) is 19.8 Å². The normalized spacial score (nSPS) is 10.2. The van der Waals surface area contributed by atoms with Crippen LogP contribution in [0.1, 0.15) is 17.3 Å². The average Bonchev–Trinajstić information content (AvgIpc) is 2.38. The van der Waals surface area contributed by atoms with Gasteiger partial charge in [-0.2, -0.15) is 0 Å². The summed E-state index contributed by atoms with van der Waals surface area (Å²) in [5.74, 6) is -0.755. The average molecular weight is 274 g/mol. The second-order valence-corrected chi connectivity index (χ2v) is 4.19. The van der Waals surface area contributed by atoms with Gasteiger partial charge in [-0.1, -0.05) is 6.07 Å². The molecular formula is C14H14N2O4. The molecule has 0 aliphatic rings. The van der Waals surface area contributed by atoms with Gasteiger partial charge in [-0.05, 0) is 19.1 Å². The summed E-state index contributed by atoms with van der Waals surface area (Å²) in [5, 5.41) is 18.8. The van der Waals surface area contributed by atoms with Crippen molar-refractivity contribution in [3.8, 4) is 11.6 Å². The second-order valence-electron chi connectivity index (χ2n) is 4.19. The van der Waals surface area contributed by atoms with E-state index in [0.29, 0.717) is 12.2 Å². The Kier molecular flexibility index (Phi) is 3.74. The lowest BCUT2D eigenvalue weighted by atomic mass is 10.2. The first-order valence-corrected chi connectivity index (χ1v) is 6.05. The van der Waals surface area contributed by atoms with Crippen molar-refractivity contribution < 1.29 is 15.0 Å². The zero-order valence-corrected chi connectivity index (χ0v) is 10.8. The first-order chi connectivity index (χ1) is 9.51. The molecule has 2 rings (SSSR count). The van der Waals surface area contributed by atoms with E-state index in [0.717, 1.165) is 6.07 Å². The van der Waals surface area contributed by atoms with Crippen LogP contribution in [-0.4, -0.2) is 27.6 Å². The van der Waals surface area contributed by atoms with Crippen LogP contribution in [0.2, 0.25) is 0 Å². The molecule has 3 N–H and O–H groups in total. The molecule has 1 heterocycles. The van der Waals surface area contributed by atoms with Gasteiger partial charge in [0.05, 0.1) is 5.56 Å². The molecule has 0 radical (unpaired) electrons. The summed E-state index contributed by atoms with van der Waals surface area (Å²) in [6.45, 7) is 2.13. The Morgan fingerprint density at radius 2 is 2.00 bits per heavy atom. The first kappa shape index (κ1) is 13.7. The van der Waals surface area contributed by atoms with Crippen LogP contribution in [0.15, 0.2) is 41.2 Å². The van der Waals surface area contributed by atoms with E-state index in [1.807, 2.05) is 0 Å². The van der Waals surface area contributed by atoms with Crippen LogP contribution >= 0.6 is 0 Å². The number of H-pyrrole nitrogens is 1. The third kappa shape index (κ3) is 2.80. The van der Waals surface area contributed by atoms with Crippen LogP contribution in [0.4, 0.5) is 5.69 Å². The lowest BCUT2D eigenvalue weighted by molar-refractivity contribution is 0.0987. The molecule has 1 aromatic carbocycles. The smallest absolute Gasteiger partial charge is 0.258 e. The number of pyridine rings is 1. The Balaban J connectivity index is 2.41. The number of aromatic amines is 1. The number of carbonyl (C=O) groups is 1. The maximum Gasteiger partial charge on any atom is 0.258 e. The number of phenolic OH excluding ortho intramolecular Hbond substituents is 1. The summed E-state index contributed by atoms with van der Waals surface area (Å²) in [6, 6.07) is 8.56. The van der Waals surface area contributed by atoms with E-state index in [1.165, 1.54) is 23.1 Å². The van der Waals surface area contributed by atoms with Crippen molar-refractivity contribution in [2.24, 2.45) is 0 Å². The van der Waals surface area contributed by atoms with Crippen molar-refractivity contribution in [3.05, 3.63) is 52.3 Å². The molecule has 1 amide bonds. The molecule has 6 heteroatoms. The van der Waals surface area contributed by atoms with E-state index in [1.54, 1.807) is 19.1 Å². The summed E-state index contributed by atoms with van der Waals surface area (Å²) < 4.78 is 0. The van der Waals surface area contributed by atoms with Gasteiger partial charge in [-0.25, -0.2) is 0 Å². The van der Waals surface area contributed by atoms with Crippen molar-refractivity contribution in [1.29, 1.82) is 0 Å². The van der Waals surface area contributed by atoms with Crippen LogP contribution in [-0.2, 0) is 0 Å². The number of aromatic nitrogens is 1. The van der Waals surface area contributed by atoms with Gasteiger partial charge in [0.15, 0.2) is 5.88 Å². The highest BCUT2D eigenvalue weighted by Gasteiger charge is 2.17. The van der Waals surface area contributed by atoms with Crippen LogP contribution in [0, 0.1) is 0 Å². The molecule has 0 spiro atoms. The van der Waals surface area contributed by atoms with Gasteiger partial charge in [0.2, 0.25) is 0 Å². The number of hydrogen-bond donors (Lipinski definition) is 3. The van der Waals surface area contributed by atoms with E-state index in [4.69, 9.17) is 0 Å². The van der Waals surface area contributed by atoms with Crippen molar-refractivity contribution in [3.63, 3.8) is 0 Å². The molecular weight excluding hydrogens is 260 g/mol. The largest absolute Gasteiger partial charge is 0.508 e. The van der Waals surface area contributed by atoms with Crippen molar-refractivity contribution in [2.45, 2.75) is 6.92 Å². The number of rotatable bonds is 3. The third-order valence-corrected chi connectivity index (χ3v) is 2.78. The molecule has 0 saturated carbocycles. The molecule has 0 aliphatic carbocycles. The minimum Gasteiger partial charge on any atom is -0.508 e. The Hall–Kier alpha value is -2.76. The van der Waals surface area contributed by atoms with Gasteiger partial charge >= 0.3 is 0 Å². The van der Waals surface area contributed by atoms with Crippen LogP contribution in [0.5, 0.6) is 11.6 Å². The highest BCUT2D eigenvalue weighted by molar-refractivity contribution is 6.06. The minimum absolute atomic E-state index is 0.0440. The third-order valence-electron chi connectivity index (χ3n) is 2.78. The Morgan fingerprint density at radius 3 is 2.60 bits per heavy atom. The fraction of sp³-hybridized carbons (Fsp3) is 0.143. The molecule has 0 bridgehead atoms. The van der Waals surface area contributed by atoms with Crippen molar-refractivity contribution in [1.82, 2.24) is 4.98 Å². The van der Waals surface area contributed by atoms with Gasteiger partial charge < -0.3 is 15.1 Å². The zero-order valence-electron chi connectivity index (χ0n) is 10.8. The number of nitrogens with one attached hydrogen (secondary N) is 1. The molecule has 1 aromatic heterocycles. The van der Waals surface area contributed by atoms with Gasteiger partial charge in [0.1, 0.15) is 5.75 Å². The van der Waals surface area contributed by atoms with Crippen LogP contribution in [0.25, 0.3) is 0 Å². The van der Waals surface area contributed by atoms with Crippen LogP contribution < -0.4 is 10.5 Å². The van der Waals surface area contributed by atoms with Crippen LogP contribution in [0.3, 0.4) is 0 Å². The fourth-order valence-electron chi connectivity index (χ4n) is 1.91. The minimum atomic E-state index is -0.555. The number of amides is 1. The maximum absolute atomic E-state index is 12.4. The number of aromatic hydroxyl groups is 2. The number of nitrogens with zero attached hydrogens (tertiary/aromatic N) is 1. The number of hydrogen-bond acceptors (Lipinski definition) is 4. The summed E-state index contributed by atoms with van der Waals surface area (Å²) in [6.07, 6.45) is 0. The van der Waals surface area contributed by atoms with Gasteiger partial charge in [0, 0.05) is 30.4 Å². The highest BCUT2D eigenvalue weighted by Crippen LogP contribution is 2.22. The van der Waals surface area contributed by atoms with Crippen molar-refractivity contribution >= 4 is 11.6 Å². The topological polar surface area (TPSA) is 93.6 Å². The van der Waals surface area contributed by atoms with Gasteiger partial charge in [0.25, 0.3) is 11.5 Å². The molecule has 0 aliphatic heterocycles. The number of anilines is 1. The SMILES string of the molecule is CCN(C(=O)c1cc(O)[nH]c(=O)c1)c1cccc(O)c1. The summed E-state index contributed by atoms with van der Waals surface area (Å²) in [5.41, 5.74) is 0.0361. The summed E-state index contributed by atoms with van der Waals surface area (Å²) in [7, 11) is 0. The molecule has 0 unspecified atom stereocenters. The quantitative estimate of drug-likeness (QED) is 0.789. The predicted octanol–water partition coefficient (Wildman–Crippen LogP) is 1.45. The molecule has 0 fully saturated rings. The summed E-state index contributed by atoms with van der Waals surface area (Å²) >= 11 is 0. The molecule has 6 nitrogen and oxygen atoms in total. The van der Waals surface area contributed by atoms with E-state index in [-0.39, 0.29) is 17.2 Å². The number of benzene rings is 1. The molecule has 20 heavy (non-hydrogen) atoms. The molecule has 0 saturated heterocycles. The molecule has 104 valence electrons. The summed E-state index contributed by atoms with van der Waals surface area (Å²) in [4.78, 5) is 27.2. The standard InChI is InChI=1S/C14H14N2O4/c1-2-16(10-4-3-5-11(17)8-10)14(20)9-6-12(18)15-13(19)7-9/h3-8,17H,2H2,1H3,(H2,15,18,19). The maximum atomic E-state index is 12.4. The number of phenols is 1. The predicted molar refractivity (Wildman–Crippen MR) is 74.2 cm³/mol. The van der Waals surface area contributed by atoms with Gasteiger partial charge in [-0.15, -0.1) is 0 Å². The zero-order chi connectivity index (χ0) is 14.7. The second kappa shape index (κ2) is 5.48. The Labute approximate surface area is 114 Å². The first-order valence-electron chi connectivity index (χ1n) is 6.05. The molecule has 2 aromatic rings.